The SMILES string of the molecule is C=C(CCl)CC1(C(=O)OC)C[C@@H](OC)CN1C(=O)OC(C)(C)C. The lowest BCUT2D eigenvalue weighted by Gasteiger charge is -2.36. The summed E-state index contributed by atoms with van der Waals surface area (Å²) in [7, 11) is 2.84. The number of ether oxygens (including phenoxy) is 3. The lowest BCUT2D eigenvalue weighted by atomic mass is 9.88. The van der Waals surface area contributed by atoms with Crippen molar-refractivity contribution in [3.8, 4) is 0 Å². The topological polar surface area (TPSA) is 65.1 Å². The second kappa shape index (κ2) is 7.53. The van der Waals surface area contributed by atoms with Gasteiger partial charge in [-0.05, 0) is 20.8 Å². The van der Waals surface area contributed by atoms with E-state index in [4.69, 9.17) is 25.8 Å². The average Bonchev–Trinajstić information content (AvgIpc) is 2.84. The molecule has 1 unspecified atom stereocenters. The van der Waals surface area contributed by atoms with Crippen molar-refractivity contribution < 1.29 is 23.8 Å². The summed E-state index contributed by atoms with van der Waals surface area (Å²) in [5.74, 6) is -0.326. The first-order valence-corrected chi connectivity index (χ1v) is 7.97. The van der Waals surface area contributed by atoms with Crippen molar-refractivity contribution >= 4 is 23.7 Å². The number of carbonyl (C=O) groups excluding carboxylic acids is 2. The van der Waals surface area contributed by atoms with E-state index in [1.54, 1.807) is 27.9 Å². The van der Waals surface area contributed by atoms with Crippen LogP contribution in [-0.2, 0) is 19.0 Å². The minimum Gasteiger partial charge on any atom is -0.467 e. The van der Waals surface area contributed by atoms with Gasteiger partial charge >= 0.3 is 12.1 Å². The average molecular weight is 348 g/mol. The van der Waals surface area contributed by atoms with Gasteiger partial charge in [-0.3, -0.25) is 4.90 Å². The Morgan fingerprint density at radius 2 is 1.96 bits per heavy atom. The molecular formula is C16H26ClNO5. The number of nitrogens with zero attached hydrogens (tertiary/aromatic N) is 1. The highest BCUT2D eigenvalue weighted by Crippen LogP contribution is 2.38. The van der Waals surface area contributed by atoms with E-state index >= 15 is 0 Å². The Kier molecular flexibility index (Phi) is 6.48. The van der Waals surface area contributed by atoms with Crippen LogP contribution in [0.4, 0.5) is 4.79 Å². The summed E-state index contributed by atoms with van der Waals surface area (Å²) >= 11 is 5.83. The van der Waals surface area contributed by atoms with E-state index < -0.39 is 23.2 Å². The van der Waals surface area contributed by atoms with E-state index in [0.29, 0.717) is 12.0 Å². The second-order valence-electron chi connectivity index (χ2n) is 6.74. The van der Waals surface area contributed by atoms with Gasteiger partial charge in [-0.15, -0.1) is 11.6 Å². The van der Waals surface area contributed by atoms with Crippen LogP contribution >= 0.6 is 11.6 Å². The summed E-state index contributed by atoms with van der Waals surface area (Å²) in [6.07, 6.45) is -0.345. The van der Waals surface area contributed by atoms with Crippen molar-refractivity contribution in [1.82, 2.24) is 4.90 Å². The lowest BCUT2D eigenvalue weighted by molar-refractivity contribution is -0.153. The summed E-state index contributed by atoms with van der Waals surface area (Å²) in [5.41, 5.74) is -1.24. The Balaban J connectivity index is 3.21. The molecule has 0 spiro atoms. The fourth-order valence-electron chi connectivity index (χ4n) is 2.74. The van der Waals surface area contributed by atoms with Crippen LogP contribution in [0.2, 0.25) is 0 Å². The molecule has 1 amide bonds. The number of amides is 1. The molecule has 0 saturated carbocycles. The highest BCUT2D eigenvalue weighted by Gasteiger charge is 2.55. The van der Waals surface area contributed by atoms with Crippen molar-refractivity contribution in [2.45, 2.75) is 50.9 Å². The lowest BCUT2D eigenvalue weighted by Crippen LogP contribution is -2.55. The summed E-state index contributed by atoms with van der Waals surface area (Å²) < 4.78 is 15.8. The van der Waals surface area contributed by atoms with E-state index in [0.717, 1.165) is 0 Å². The first kappa shape index (κ1) is 19.8. The van der Waals surface area contributed by atoms with Gasteiger partial charge in [-0.1, -0.05) is 12.2 Å². The first-order chi connectivity index (χ1) is 10.6. The molecule has 132 valence electrons. The minimum absolute atomic E-state index is 0.193. The first-order valence-electron chi connectivity index (χ1n) is 7.44. The molecule has 23 heavy (non-hydrogen) atoms. The number of hydrogen-bond donors (Lipinski definition) is 0. The zero-order valence-corrected chi connectivity index (χ0v) is 15.2. The molecule has 1 rings (SSSR count). The summed E-state index contributed by atoms with van der Waals surface area (Å²) in [4.78, 5) is 26.5. The highest BCUT2D eigenvalue weighted by atomic mass is 35.5. The summed E-state index contributed by atoms with van der Waals surface area (Å²) in [6, 6.07) is 0. The Labute approximate surface area is 142 Å². The molecular weight excluding hydrogens is 322 g/mol. The Morgan fingerprint density at radius 1 is 1.35 bits per heavy atom. The van der Waals surface area contributed by atoms with Crippen LogP contribution in [0, 0.1) is 0 Å². The number of hydrogen-bond acceptors (Lipinski definition) is 5. The molecule has 7 heteroatoms. The zero-order chi connectivity index (χ0) is 17.8. The van der Waals surface area contributed by atoms with E-state index in [9.17, 15) is 9.59 Å². The number of methoxy groups -OCH3 is 2. The van der Waals surface area contributed by atoms with Gasteiger partial charge in [0.25, 0.3) is 0 Å². The van der Waals surface area contributed by atoms with Crippen LogP contribution in [0.25, 0.3) is 0 Å². The second-order valence-corrected chi connectivity index (χ2v) is 7.00. The van der Waals surface area contributed by atoms with Crippen molar-refractivity contribution in [2.24, 2.45) is 0 Å². The maximum absolute atomic E-state index is 12.6. The quantitative estimate of drug-likeness (QED) is 0.434. The van der Waals surface area contributed by atoms with Gasteiger partial charge in [0.05, 0.1) is 19.8 Å². The van der Waals surface area contributed by atoms with Crippen molar-refractivity contribution in [1.29, 1.82) is 0 Å². The molecule has 2 atom stereocenters. The van der Waals surface area contributed by atoms with Gasteiger partial charge in [0.15, 0.2) is 0 Å². The molecule has 0 radical (unpaired) electrons. The maximum atomic E-state index is 12.6. The van der Waals surface area contributed by atoms with Gasteiger partial charge in [0.2, 0.25) is 0 Å². The Bertz CT molecular complexity index is 474. The molecule has 1 saturated heterocycles. The van der Waals surface area contributed by atoms with E-state index in [1.165, 1.54) is 12.0 Å². The molecule has 1 fully saturated rings. The monoisotopic (exact) mass is 347 g/mol. The number of alkyl halides is 1. The standard InChI is InChI=1S/C16H26ClNO5/c1-11(9-17)7-16(13(19)22-6)8-12(21-5)10-18(16)14(20)23-15(2,3)4/h12H,1,7-10H2,2-6H3/t12-,16?/m1/s1. The van der Waals surface area contributed by atoms with Crippen LogP contribution in [0.1, 0.15) is 33.6 Å². The van der Waals surface area contributed by atoms with E-state index in [-0.39, 0.29) is 24.9 Å². The fourth-order valence-corrected chi connectivity index (χ4v) is 2.83. The molecule has 1 aliphatic heterocycles. The Hall–Kier alpha value is -1.27. The summed E-state index contributed by atoms with van der Waals surface area (Å²) in [6.45, 7) is 9.41. The predicted octanol–water partition coefficient (Wildman–Crippen LogP) is 2.74. The smallest absolute Gasteiger partial charge is 0.411 e. The molecule has 0 aliphatic carbocycles. The van der Waals surface area contributed by atoms with Crippen LogP contribution in [0.5, 0.6) is 0 Å². The maximum Gasteiger partial charge on any atom is 0.411 e. The van der Waals surface area contributed by atoms with Crippen LogP contribution in [0.15, 0.2) is 12.2 Å². The number of likely N-dealkylation sites (tertiary alicyclic amines) is 1. The fraction of sp³-hybridized carbons (Fsp3) is 0.750. The number of carbonyl (C=O) groups is 2. The third-order valence-electron chi connectivity index (χ3n) is 3.71. The predicted molar refractivity (Wildman–Crippen MR) is 87.6 cm³/mol. The highest BCUT2D eigenvalue weighted by molar-refractivity contribution is 6.19. The molecule has 1 heterocycles. The molecule has 1 aliphatic rings. The zero-order valence-electron chi connectivity index (χ0n) is 14.5. The molecule has 0 bridgehead atoms. The Morgan fingerprint density at radius 3 is 2.39 bits per heavy atom. The molecule has 6 nitrogen and oxygen atoms in total. The normalized spacial score (nSPS) is 24.4. The molecule has 0 N–H and O–H groups in total. The van der Waals surface area contributed by atoms with Gasteiger partial charge in [0, 0.05) is 25.8 Å². The van der Waals surface area contributed by atoms with Gasteiger partial charge in [0.1, 0.15) is 11.1 Å². The number of halogens is 1. The number of rotatable bonds is 5. The number of esters is 1. The van der Waals surface area contributed by atoms with Crippen LogP contribution in [-0.4, -0.2) is 60.9 Å². The van der Waals surface area contributed by atoms with Crippen molar-refractivity contribution in [2.75, 3.05) is 26.6 Å². The van der Waals surface area contributed by atoms with Crippen molar-refractivity contribution in [3.05, 3.63) is 12.2 Å². The third-order valence-corrected chi connectivity index (χ3v) is 4.09. The van der Waals surface area contributed by atoms with Crippen LogP contribution in [0.3, 0.4) is 0 Å². The largest absolute Gasteiger partial charge is 0.467 e. The summed E-state index contributed by atoms with van der Waals surface area (Å²) in [5, 5.41) is 0. The minimum atomic E-state index is -1.20. The van der Waals surface area contributed by atoms with Gasteiger partial charge < -0.3 is 14.2 Å². The third kappa shape index (κ3) is 4.61. The molecule has 0 aromatic heterocycles. The van der Waals surface area contributed by atoms with E-state index in [1.807, 2.05) is 0 Å². The van der Waals surface area contributed by atoms with Gasteiger partial charge in [-0.2, -0.15) is 0 Å². The van der Waals surface area contributed by atoms with Crippen molar-refractivity contribution in [3.63, 3.8) is 0 Å². The van der Waals surface area contributed by atoms with Gasteiger partial charge in [-0.25, -0.2) is 9.59 Å². The molecule has 0 aromatic rings. The van der Waals surface area contributed by atoms with E-state index in [2.05, 4.69) is 6.58 Å². The van der Waals surface area contributed by atoms with Crippen LogP contribution < -0.4 is 0 Å². The molecule has 0 aromatic carbocycles.